The Morgan fingerprint density at radius 1 is 1.07 bits per heavy atom. The molecule has 8 heteroatoms. The van der Waals surface area contributed by atoms with E-state index in [1.165, 1.54) is 6.92 Å². The van der Waals surface area contributed by atoms with E-state index in [4.69, 9.17) is 9.47 Å². The second-order valence-corrected chi connectivity index (χ2v) is 6.05. The van der Waals surface area contributed by atoms with Gasteiger partial charge in [0.05, 0.1) is 13.7 Å². The fourth-order valence-corrected chi connectivity index (χ4v) is 2.65. The van der Waals surface area contributed by atoms with Crippen molar-refractivity contribution in [2.24, 2.45) is 4.99 Å². The molecule has 2 aromatic rings. The van der Waals surface area contributed by atoms with Gasteiger partial charge in [-0.2, -0.15) is 0 Å². The number of carbonyl (C=O) groups is 1. The van der Waals surface area contributed by atoms with E-state index in [0.29, 0.717) is 30.5 Å². The smallest absolute Gasteiger partial charge is 0.221 e. The molecule has 0 aromatic heterocycles. The third-order valence-corrected chi connectivity index (χ3v) is 3.92. The number of guanidine groups is 1. The van der Waals surface area contributed by atoms with Gasteiger partial charge in [0, 0.05) is 32.3 Å². The second kappa shape index (κ2) is 13.6. The molecule has 0 aliphatic heterocycles. The maximum absolute atomic E-state index is 11.1. The molecule has 0 spiro atoms. The highest BCUT2D eigenvalue weighted by Crippen LogP contribution is 2.17. The van der Waals surface area contributed by atoms with Crippen LogP contribution in [0.25, 0.3) is 0 Å². The minimum absolute atomic E-state index is 0. The molecule has 0 unspecified atom stereocenters. The average Bonchev–Trinajstić information content (AvgIpc) is 2.70. The maximum atomic E-state index is 11.1. The number of nitrogens with zero attached hydrogens (tertiary/aromatic N) is 1. The van der Waals surface area contributed by atoms with Gasteiger partial charge >= 0.3 is 0 Å². The Hall–Kier alpha value is -2.49. The predicted molar refractivity (Wildman–Crippen MR) is 128 cm³/mol. The summed E-state index contributed by atoms with van der Waals surface area (Å²) in [6, 6.07) is 15.3. The molecule has 0 saturated heterocycles. The minimum Gasteiger partial charge on any atom is -0.496 e. The zero-order valence-corrected chi connectivity index (χ0v) is 19.4. The molecule has 158 valence electrons. The monoisotopic (exact) mass is 512 g/mol. The number of nitrogens with one attached hydrogen (secondary N) is 3. The lowest BCUT2D eigenvalue weighted by Crippen LogP contribution is -2.40. The molecule has 2 aromatic carbocycles. The van der Waals surface area contributed by atoms with Crippen molar-refractivity contribution in [3.63, 3.8) is 0 Å². The number of rotatable bonds is 9. The molecule has 0 fully saturated rings. The molecule has 0 saturated carbocycles. The Labute approximate surface area is 189 Å². The lowest BCUT2D eigenvalue weighted by molar-refractivity contribution is -0.114. The number of hydrogen-bond donors (Lipinski definition) is 3. The number of ether oxygens (including phenoxy) is 2. The molecule has 3 N–H and O–H groups in total. The molecule has 0 radical (unpaired) electrons. The molecular weight excluding hydrogens is 483 g/mol. The van der Waals surface area contributed by atoms with Gasteiger partial charge in [0.2, 0.25) is 5.91 Å². The molecule has 0 aliphatic carbocycles. The number of aliphatic imine (C=N–C) groups is 1. The van der Waals surface area contributed by atoms with Crippen LogP contribution < -0.4 is 25.4 Å². The first-order chi connectivity index (χ1) is 13.6. The summed E-state index contributed by atoms with van der Waals surface area (Å²) in [5, 5.41) is 9.23. The molecule has 0 aliphatic rings. The first-order valence-corrected chi connectivity index (χ1v) is 9.19. The quantitative estimate of drug-likeness (QED) is 0.208. The molecule has 0 bridgehead atoms. The summed E-state index contributed by atoms with van der Waals surface area (Å²) in [7, 11) is 3.41. The summed E-state index contributed by atoms with van der Waals surface area (Å²) in [5.41, 5.74) is 1.86. The number of hydrogen-bond acceptors (Lipinski definition) is 4. The van der Waals surface area contributed by atoms with Gasteiger partial charge in [0.15, 0.2) is 5.96 Å². The van der Waals surface area contributed by atoms with Crippen molar-refractivity contribution in [1.82, 2.24) is 10.6 Å². The number of amides is 1. The molecular formula is C21H29IN4O3. The SMILES string of the molecule is CN=C(NCCOc1cccc(NC(C)=O)c1)NCCc1ccccc1OC.I. The summed E-state index contributed by atoms with van der Waals surface area (Å²) < 4.78 is 11.1. The van der Waals surface area contributed by atoms with Gasteiger partial charge in [-0.3, -0.25) is 9.79 Å². The van der Waals surface area contributed by atoms with Crippen LogP contribution in [-0.4, -0.2) is 45.7 Å². The molecule has 0 heterocycles. The van der Waals surface area contributed by atoms with Crippen LogP contribution in [0.15, 0.2) is 53.5 Å². The third-order valence-electron chi connectivity index (χ3n) is 3.92. The normalized spacial score (nSPS) is 10.5. The average molecular weight is 512 g/mol. The number of carbonyl (C=O) groups excluding carboxylic acids is 1. The highest BCUT2D eigenvalue weighted by atomic mass is 127. The van der Waals surface area contributed by atoms with Gasteiger partial charge in [0.1, 0.15) is 18.1 Å². The van der Waals surface area contributed by atoms with Crippen LogP contribution in [0.5, 0.6) is 11.5 Å². The van der Waals surface area contributed by atoms with Crippen molar-refractivity contribution in [1.29, 1.82) is 0 Å². The summed E-state index contributed by atoms with van der Waals surface area (Å²) in [5.74, 6) is 2.20. The van der Waals surface area contributed by atoms with Gasteiger partial charge in [-0.1, -0.05) is 24.3 Å². The predicted octanol–water partition coefficient (Wildman–Crippen LogP) is 3.06. The first kappa shape index (κ1) is 24.5. The van der Waals surface area contributed by atoms with Gasteiger partial charge in [-0.05, 0) is 30.2 Å². The van der Waals surface area contributed by atoms with Crippen molar-refractivity contribution in [2.45, 2.75) is 13.3 Å². The zero-order valence-electron chi connectivity index (χ0n) is 17.0. The number of para-hydroxylation sites is 1. The zero-order chi connectivity index (χ0) is 20.2. The fraction of sp³-hybridized carbons (Fsp3) is 0.333. The molecule has 0 atom stereocenters. The van der Waals surface area contributed by atoms with Crippen LogP contribution >= 0.6 is 24.0 Å². The van der Waals surface area contributed by atoms with Crippen molar-refractivity contribution in [2.75, 3.05) is 39.2 Å². The van der Waals surface area contributed by atoms with Gasteiger partial charge in [-0.15, -0.1) is 24.0 Å². The van der Waals surface area contributed by atoms with Crippen LogP contribution in [0.3, 0.4) is 0 Å². The Kier molecular flexibility index (Phi) is 11.6. The van der Waals surface area contributed by atoms with Crippen LogP contribution in [-0.2, 0) is 11.2 Å². The van der Waals surface area contributed by atoms with E-state index < -0.39 is 0 Å². The van der Waals surface area contributed by atoms with E-state index >= 15 is 0 Å². The topological polar surface area (TPSA) is 84.0 Å². The van der Waals surface area contributed by atoms with Gasteiger partial charge < -0.3 is 25.4 Å². The number of anilines is 1. The van der Waals surface area contributed by atoms with Crippen molar-refractivity contribution in [3.05, 3.63) is 54.1 Å². The highest BCUT2D eigenvalue weighted by molar-refractivity contribution is 14.0. The standard InChI is InChI=1S/C21H28N4O3.HI/c1-16(26)25-18-8-6-9-19(15-18)28-14-13-24-21(22-2)23-12-11-17-7-4-5-10-20(17)27-3;/h4-10,15H,11-14H2,1-3H3,(H,25,26)(H2,22,23,24);1H. The van der Waals surface area contributed by atoms with E-state index in [0.717, 1.165) is 24.3 Å². The summed E-state index contributed by atoms with van der Waals surface area (Å²) in [4.78, 5) is 15.3. The molecule has 2 rings (SSSR count). The molecule has 7 nitrogen and oxygen atoms in total. The largest absolute Gasteiger partial charge is 0.496 e. The fourth-order valence-electron chi connectivity index (χ4n) is 2.65. The van der Waals surface area contributed by atoms with Crippen molar-refractivity contribution in [3.8, 4) is 11.5 Å². The van der Waals surface area contributed by atoms with Crippen LogP contribution in [0.4, 0.5) is 5.69 Å². The number of benzene rings is 2. The van der Waals surface area contributed by atoms with Crippen LogP contribution in [0.1, 0.15) is 12.5 Å². The number of methoxy groups -OCH3 is 1. The maximum Gasteiger partial charge on any atom is 0.221 e. The van der Waals surface area contributed by atoms with Gasteiger partial charge in [-0.25, -0.2) is 0 Å². The lowest BCUT2D eigenvalue weighted by Gasteiger charge is -2.14. The Morgan fingerprint density at radius 2 is 1.83 bits per heavy atom. The highest BCUT2D eigenvalue weighted by Gasteiger charge is 2.03. The van der Waals surface area contributed by atoms with E-state index in [1.54, 1.807) is 20.2 Å². The Bertz CT molecular complexity index is 799. The lowest BCUT2D eigenvalue weighted by atomic mass is 10.1. The number of halogens is 1. The first-order valence-electron chi connectivity index (χ1n) is 9.19. The van der Waals surface area contributed by atoms with Crippen LogP contribution in [0, 0.1) is 0 Å². The molecule has 29 heavy (non-hydrogen) atoms. The Balaban J connectivity index is 0.00000420. The van der Waals surface area contributed by atoms with Gasteiger partial charge in [0.25, 0.3) is 0 Å². The van der Waals surface area contributed by atoms with E-state index in [1.807, 2.05) is 36.4 Å². The summed E-state index contributed by atoms with van der Waals surface area (Å²) in [6.07, 6.45) is 0.831. The van der Waals surface area contributed by atoms with E-state index in [-0.39, 0.29) is 29.9 Å². The third kappa shape index (κ3) is 9.03. The van der Waals surface area contributed by atoms with Crippen LogP contribution in [0.2, 0.25) is 0 Å². The van der Waals surface area contributed by atoms with E-state index in [9.17, 15) is 4.79 Å². The minimum atomic E-state index is -0.109. The second-order valence-electron chi connectivity index (χ2n) is 6.05. The van der Waals surface area contributed by atoms with Crippen molar-refractivity contribution >= 4 is 41.5 Å². The summed E-state index contributed by atoms with van der Waals surface area (Å²) in [6.45, 7) is 3.28. The van der Waals surface area contributed by atoms with E-state index in [2.05, 4.69) is 27.0 Å². The Morgan fingerprint density at radius 3 is 2.55 bits per heavy atom. The van der Waals surface area contributed by atoms with Crippen molar-refractivity contribution < 1.29 is 14.3 Å². The summed E-state index contributed by atoms with van der Waals surface area (Å²) >= 11 is 0. The molecule has 1 amide bonds.